The lowest BCUT2D eigenvalue weighted by atomic mass is 10.0. The molecule has 1 fully saturated rings. The second-order valence-corrected chi connectivity index (χ2v) is 7.24. The predicted molar refractivity (Wildman–Crippen MR) is 73.8 cm³/mol. The first-order valence-corrected chi connectivity index (χ1v) is 8.31. The van der Waals surface area contributed by atoms with Crippen molar-refractivity contribution in [3.05, 3.63) is 16.3 Å². The molecule has 0 spiro atoms. The summed E-state index contributed by atoms with van der Waals surface area (Å²) in [5.41, 5.74) is 0.135. The first-order chi connectivity index (χ1) is 8.90. The molecule has 0 aromatic carbocycles. The van der Waals surface area contributed by atoms with Crippen LogP contribution in [0.5, 0.6) is 0 Å². The Morgan fingerprint density at radius 1 is 1.47 bits per heavy atom. The number of carbonyl (C=O) groups is 1. The lowest BCUT2D eigenvalue weighted by molar-refractivity contribution is 0.0703. The fourth-order valence-corrected chi connectivity index (χ4v) is 4.00. The number of nitrogens with one attached hydrogen (secondary N) is 1. The Kier molecular flexibility index (Phi) is 4.12. The van der Waals surface area contributed by atoms with Crippen molar-refractivity contribution in [2.24, 2.45) is 5.92 Å². The van der Waals surface area contributed by atoms with E-state index in [4.69, 9.17) is 5.11 Å². The predicted octanol–water partition coefficient (Wildman–Crippen LogP) is 1.83. The summed E-state index contributed by atoms with van der Waals surface area (Å²) in [7, 11) is -3.66. The summed E-state index contributed by atoms with van der Waals surface area (Å²) >= 11 is 1.00. The number of carboxylic acid groups (broad SMARTS) is 1. The van der Waals surface area contributed by atoms with Crippen LogP contribution in [-0.2, 0) is 10.2 Å². The summed E-state index contributed by atoms with van der Waals surface area (Å²) < 4.78 is 28.1. The van der Waals surface area contributed by atoms with Gasteiger partial charge in [0.2, 0.25) is 0 Å². The number of nitrogens with zero attached hydrogens (tertiary/aromatic N) is 1. The smallest absolute Gasteiger partial charge is 0.348 e. The third kappa shape index (κ3) is 3.26. The Labute approximate surface area is 116 Å². The molecule has 0 saturated carbocycles. The van der Waals surface area contributed by atoms with Crippen LogP contribution in [0.25, 0.3) is 0 Å². The van der Waals surface area contributed by atoms with E-state index < -0.39 is 16.2 Å². The molecule has 106 valence electrons. The van der Waals surface area contributed by atoms with E-state index in [0.717, 1.165) is 24.2 Å². The Bertz CT molecular complexity index is 559. The van der Waals surface area contributed by atoms with Crippen molar-refractivity contribution in [1.29, 1.82) is 0 Å². The molecule has 2 rings (SSSR count). The largest absolute Gasteiger partial charge is 0.477 e. The topological polar surface area (TPSA) is 86.7 Å². The van der Waals surface area contributed by atoms with Gasteiger partial charge >= 0.3 is 16.2 Å². The quantitative estimate of drug-likeness (QED) is 0.888. The van der Waals surface area contributed by atoms with E-state index in [0.29, 0.717) is 19.0 Å². The van der Waals surface area contributed by atoms with Crippen molar-refractivity contribution in [1.82, 2.24) is 4.31 Å². The molecular weight excluding hydrogens is 288 g/mol. The van der Waals surface area contributed by atoms with E-state index in [2.05, 4.69) is 11.6 Å². The van der Waals surface area contributed by atoms with Gasteiger partial charge in [0.25, 0.3) is 0 Å². The summed E-state index contributed by atoms with van der Waals surface area (Å²) in [5, 5.41) is 10.5. The van der Waals surface area contributed by atoms with Gasteiger partial charge in [0, 0.05) is 13.1 Å². The molecular formula is C11H16N2O4S2. The van der Waals surface area contributed by atoms with Crippen LogP contribution in [-0.4, -0.2) is 36.9 Å². The van der Waals surface area contributed by atoms with Crippen LogP contribution in [0.1, 0.15) is 29.4 Å². The molecule has 0 amide bonds. The Balaban J connectivity index is 2.13. The van der Waals surface area contributed by atoms with Gasteiger partial charge in [-0.15, -0.1) is 11.3 Å². The van der Waals surface area contributed by atoms with E-state index in [1.165, 1.54) is 10.4 Å². The standard InChI is InChI=1S/C11H16N2O4S2/c1-8-2-5-13(6-3-8)19(16,17)12-9-4-7-18-10(9)11(14)15/h4,7-8,12H,2-3,5-6H2,1H3,(H,14,15). The summed E-state index contributed by atoms with van der Waals surface area (Å²) in [5.74, 6) is -0.595. The molecule has 2 heterocycles. The van der Waals surface area contributed by atoms with Crippen LogP contribution in [0.3, 0.4) is 0 Å². The summed E-state index contributed by atoms with van der Waals surface area (Å²) in [4.78, 5) is 11.0. The van der Waals surface area contributed by atoms with Crippen LogP contribution in [0.2, 0.25) is 0 Å². The number of aromatic carboxylic acids is 1. The fourth-order valence-electron chi connectivity index (χ4n) is 1.98. The molecule has 0 unspecified atom stereocenters. The molecule has 6 nitrogen and oxygen atoms in total. The van der Waals surface area contributed by atoms with Crippen LogP contribution >= 0.6 is 11.3 Å². The second kappa shape index (κ2) is 5.48. The zero-order valence-corrected chi connectivity index (χ0v) is 12.1. The average Bonchev–Trinajstić information content (AvgIpc) is 2.77. The highest BCUT2D eigenvalue weighted by atomic mass is 32.2. The molecule has 1 aromatic rings. The van der Waals surface area contributed by atoms with Crippen molar-refractivity contribution in [3.8, 4) is 0 Å². The maximum atomic E-state index is 12.2. The summed E-state index contributed by atoms with van der Waals surface area (Å²) in [6.45, 7) is 3.05. The number of hydrogen-bond acceptors (Lipinski definition) is 4. The molecule has 1 aliphatic rings. The van der Waals surface area contributed by atoms with Gasteiger partial charge in [-0.05, 0) is 30.2 Å². The van der Waals surface area contributed by atoms with Gasteiger partial charge in [-0.25, -0.2) is 4.79 Å². The first-order valence-electron chi connectivity index (χ1n) is 5.99. The second-order valence-electron chi connectivity index (χ2n) is 4.66. The maximum Gasteiger partial charge on any atom is 0.348 e. The van der Waals surface area contributed by atoms with E-state index in [9.17, 15) is 13.2 Å². The maximum absolute atomic E-state index is 12.2. The van der Waals surface area contributed by atoms with E-state index >= 15 is 0 Å². The number of piperidine rings is 1. The molecule has 1 saturated heterocycles. The third-order valence-electron chi connectivity index (χ3n) is 3.18. The lowest BCUT2D eigenvalue weighted by Gasteiger charge is -2.29. The van der Waals surface area contributed by atoms with Crippen LogP contribution in [0.15, 0.2) is 11.4 Å². The van der Waals surface area contributed by atoms with Crippen LogP contribution in [0.4, 0.5) is 5.69 Å². The molecule has 0 aliphatic carbocycles. The average molecular weight is 304 g/mol. The fraction of sp³-hybridized carbons (Fsp3) is 0.545. The lowest BCUT2D eigenvalue weighted by Crippen LogP contribution is -2.41. The summed E-state index contributed by atoms with van der Waals surface area (Å²) in [6.07, 6.45) is 1.66. The Hall–Kier alpha value is -1.12. The van der Waals surface area contributed by atoms with Gasteiger partial charge in [0.05, 0.1) is 5.69 Å². The molecule has 0 atom stereocenters. The van der Waals surface area contributed by atoms with E-state index in [1.807, 2.05) is 0 Å². The van der Waals surface area contributed by atoms with Crippen molar-refractivity contribution in [2.45, 2.75) is 19.8 Å². The molecule has 19 heavy (non-hydrogen) atoms. The zero-order valence-electron chi connectivity index (χ0n) is 10.5. The molecule has 0 radical (unpaired) electrons. The van der Waals surface area contributed by atoms with Gasteiger partial charge in [0.15, 0.2) is 0 Å². The molecule has 1 aromatic heterocycles. The highest BCUT2D eigenvalue weighted by Gasteiger charge is 2.27. The van der Waals surface area contributed by atoms with Crippen LogP contribution < -0.4 is 4.72 Å². The number of hydrogen-bond donors (Lipinski definition) is 2. The number of anilines is 1. The van der Waals surface area contributed by atoms with Crippen molar-refractivity contribution in [2.75, 3.05) is 17.8 Å². The minimum absolute atomic E-state index is 0.00829. The molecule has 8 heteroatoms. The highest BCUT2D eigenvalue weighted by molar-refractivity contribution is 7.90. The van der Waals surface area contributed by atoms with Crippen molar-refractivity contribution in [3.63, 3.8) is 0 Å². The Morgan fingerprint density at radius 3 is 2.68 bits per heavy atom. The number of thiophene rings is 1. The Morgan fingerprint density at radius 2 is 2.11 bits per heavy atom. The molecule has 1 aliphatic heterocycles. The van der Waals surface area contributed by atoms with Crippen molar-refractivity contribution >= 4 is 33.2 Å². The minimum Gasteiger partial charge on any atom is -0.477 e. The summed E-state index contributed by atoms with van der Waals surface area (Å²) in [6, 6.07) is 1.47. The van der Waals surface area contributed by atoms with Gasteiger partial charge < -0.3 is 5.11 Å². The van der Waals surface area contributed by atoms with Crippen LogP contribution in [0, 0.1) is 5.92 Å². The first kappa shape index (κ1) is 14.3. The van der Waals surface area contributed by atoms with Crippen molar-refractivity contribution < 1.29 is 18.3 Å². The van der Waals surface area contributed by atoms with E-state index in [1.54, 1.807) is 5.38 Å². The normalized spacial score (nSPS) is 18.4. The van der Waals surface area contributed by atoms with E-state index in [-0.39, 0.29) is 10.6 Å². The number of rotatable bonds is 4. The van der Waals surface area contributed by atoms with Gasteiger partial charge in [-0.2, -0.15) is 12.7 Å². The van der Waals surface area contributed by atoms with Gasteiger partial charge in [0.1, 0.15) is 4.88 Å². The third-order valence-corrected chi connectivity index (χ3v) is 5.61. The zero-order chi connectivity index (χ0) is 14.0. The number of carboxylic acids is 1. The minimum atomic E-state index is -3.66. The molecule has 0 bridgehead atoms. The monoisotopic (exact) mass is 304 g/mol. The van der Waals surface area contributed by atoms with Gasteiger partial charge in [-0.1, -0.05) is 6.92 Å². The highest BCUT2D eigenvalue weighted by Crippen LogP contribution is 2.25. The van der Waals surface area contributed by atoms with Gasteiger partial charge in [-0.3, -0.25) is 4.72 Å². The SMILES string of the molecule is CC1CCN(S(=O)(=O)Nc2ccsc2C(=O)O)CC1. The molecule has 2 N–H and O–H groups in total.